The zero-order valence-electron chi connectivity index (χ0n) is 19.0. The van der Waals surface area contributed by atoms with Crippen LogP contribution in [0, 0.1) is 0 Å². The molecule has 9 nitrogen and oxygen atoms in total. The van der Waals surface area contributed by atoms with Crippen LogP contribution in [0.25, 0.3) is 0 Å². The Morgan fingerprint density at radius 3 is 2.48 bits per heavy atom. The Labute approximate surface area is 194 Å². The fourth-order valence-corrected chi connectivity index (χ4v) is 6.42. The Balaban J connectivity index is 1.37. The normalized spacial score (nSPS) is 19.7. The monoisotopic (exact) mass is 473 g/mol. The van der Waals surface area contributed by atoms with Crippen molar-refractivity contribution >= 4 is 27.6 Å². The van der Waals surface area contributed by atoms with Gasteiger partial charge in [-0.2, -0.15) is 13.5 Å². The number of carbonyl (C=O) groups is 1. The summed E-state index contributed by atoms with van der Waals surface area (Å²) in [6.45, 7) is 0.744. The SMILES string of the molecule is Cn1cc(N(CC2CCCCO2)S(=O)(=O)NC(=O)Nc2c3c(cc4c2CCC4)CCC3)cn1. The van der Waals surface area contributed by atoms with Gasteiger partial charge in [0.05, 0.1) is 24.5 Å². The maximum atomic E-state index is 13.3. The average Bonchev–Trinajstić information content (AvgIpc) is 3.53. The average molecular weight is 474 g/mol. The fraction of sp³-hybridized carbons (Fsp3) is 0.565. The first-order valence-electron chi connectivity index (χ1n) is 11.8. The van der Waals surface area contributed by atoms with E-state index in [-0.39, 0.29) is 12.6 Å². The van der Waals surface area contributed by atoms with E-state index in [4.69, 9.17) is 4.74 Å². The minimum atomic E-state index is -4.17. The largest absolute Gasteiger partial charge is 0.376 e. The first kappa shape index (κ1) is 22.2. The third-order valence-corrected chi connectivity index (χ3v) is 8.23. The topological polar surface area (TPSA) is 106 Å². The van der Waals surface area contributed by atoms with Gasteiger partial charge in [-0.3, -0.25) is 4.68 Å². The van der Waals surface area contributed by atoms with E-state index in [1.165, 1.54) is 26.3 Å². The molecule has 2 aromatic rings. The second kappa shape index (κ2) is 8.98. The molecule has 2 amide bonds. The summed E-state index contributed by atoms with van der Waals surface area (Å²) >= 11 is 0. The van der Waals surface area contributed by atoms with Gasteiger partial charge in [-0.15, -0.1) is 0 Å². The molecule has 5 rings (SSSR count). The molecule has 2 N–H and O–H groups in total. The molecule has 1 unspecified atom stereocenters. The van der Waals surface area contributed by atoms with Crippen LogP contribution in [-0.4, -0.2) is 43.5 Å². The minimum absolute atomic E-state index is 0.129. The zero-order chi connectivity index (χ0) is 23.0. The van der Waals surface area contributed by atoms with Crippen molar-refractivity contribution in [2.45, 2.75) is 63.9 Å². The van der Waals surface area contributed by atoms with E-state index in [2.05, 4.69) is 21.2 Å². The maximum Gasteiger partial charge on any atom is 0.334 e. The summed E-state index contributed by atoms with van der Waals surface area (Å²) in [5.41, 5.74) is 6.08. The van der Waals surface area contributed by atoms with Gasteiger partial charge in [0.15, 0.2) is 0 Å². The van der Waals surface area contributed by atoms with E-state index in [0.29, 0.717) is 12.3 Å². The second-order valence-electron chi connectivity index (χ2n) is 9.19. The van der Waals surface area contributed by atoms with E-state index in [1.807, 2.05) is 0 Å². The number of benzene rings is 1. The smallest absolute Gasteiger partial charge is 0.334 e. The fourth-order valence-electron chi connectivity index (χ4n) is 5.29. The molecule has 3 aliphatic rings. The van der Waals surface area contributed by atoms with E-state index in [9.17, 15) is 13.2 Å². The van der Waals surface area contributed by atoms with Crippen LogP contribution in [0.3, 0.4) is 0 Å². The number of fused-ring (bicyclic) bond motifs is 2. The summed E-state index contributed by atoms with van der Waals surface area (Å²) in [4.78, 5) is 13.0. The van der Waals surface area contributed by atoms with Crippen molar-refractivity contribution in [3.63, 3.8) is 0 Å². The molecular formula is C23H31N5O4S. The zero-order valence-corrected chi connectivity index (χ0v) is 19.8. The quantitative estimate of drug-likeness (QED) is 0.671. The lowest BCUT2D eigenvalue weighted by molar-refractivity contribution is 0.0228. The second-order valence-corrected chi connectivity index (χ2v) is 10.8. The molecule has 2 aliphatic carbocycles. The molecule has 0 saturated carbocycles. The molecule has 1 atom stereocenters. The van der Waals surface area contributed by atoms with Crippen LogP contribution in [0.1, 0.15) is 54.4 Å². The number of carbonyl (C=O) groups excluding carboxylic acids is 1. The Bertz CT molecular complexity index is 1120. The van der Waals surface area contributed by atoms with Gasteiger partial charge >= 0.3 is 16.2 Å². The summed E-state index contributed by atoms with van der Waals surface area (Å²) in [5.74, 6) is 0. The van der Waals surface area contributed by atoms with E-state index in [1.54, 1.807) is 13.2 Å². The lowest BCUT2D eigenvalue weighted by Crippen LogP contribution is -2.48. The Morgan fingerprint density at radius 2 is 1.88 bits per heavy atom. The van der Waals surface area contributed by atoms with Crippen molar-refractivity contribution in [2.75, 3.05) is 22.8 Å². The molecule has 1 aromatic carbocycles. The molecule has 1 fully saturated rings. The summed E-state index contributed by atoms with van der Waals surface area (Å²) in [7, 11) is -2.45. The van der Waals surface area contributed by atoms with Gasteiger partial charge in [0.1, 0.15) is 0 Å². The molecule has 1 aromatic heterocycles. The third kappa shape index (κ3) is 4.59. The Morgan fingerprint density at radius 1 is 1.15 bits per heavy atom. The van der Waals surface area contributed by atoms with Gasteiger partial charge in [0.25, 0.3) is 0 Å². The third-order valence-electron chi connectivity index (χ3n) is 6.85. The van der Waals surface area contributed by atoms with Crippen molar-refractivity contribution in [3.8, 4) is 0 Å². The number of hydrogen-bond acceptors (Lipinski definition) is 5. The van der Waals surface area contributed by atoms with Crippen LogP contribution < -0.4 is 14.3 Å². The summed E-state index contributed by atoms with van der Waals surface area (Å²) in [6, 6.07) is 1.54. The highest BCUT2D eigenvalue weighted by atomic mass is 32.2. The molecule has 2 heterocycles. The Kier molecular flexibility index (Phi) is 6.05. The van der Waals surface area contributed by atoms with Crippen LogP contribution in [0.15, 0.2) is 18.5 Å². The number of aromatic nitrogens is 2. The number of nitrogens with zero attached hydrogens (tertiary/aromatic N) is 3. The summed E-state index contributed by atoms with van der Waals surface area (Å²) in [5, 5.41) is 7.02. The molecule has 0 radical (unpaired) electrons. The van der Waals surface area contributed by atoms with Crippen molar-refractivity contribution in [2.24, 2.45) is 7.05 Å². The lowest BCUT2D eigenvalue weighted by atomic mass is 9.99. The van der Waals surface area contributed by atoms with Gasteiger partial charge in [0.2, 0.25) is 0 Å². The van der Waals surface area contributed by atoms with Crippen LogP contribution in [-0.2, 0) is 47.7 Å². The van der Waals surface area contributed by atoms with Gasteiger partial charge in [0, 0.05) is 25.5 Å². The molecule has 33 heavy (non-hydrogen) atoms. The van der Waals surface area contributed by atoms with Crippen molar-refractivity contribution < 1.29 is 17.9 Å². The molecular weight excluding hydrogens is 442 g/mol. The lowest BCUT2D eigenvalue weighted by Gasteiger charge is -2.29. The standard InChI is InChI=1S/C23H31N5O4S/c1-27-14-18(13-24-27)28(15-19-8-2-3-11-32-19)33(30,31)26-23(29)25-22-20-9-4-6-16(20)12-17-7-5-10-21(17)22/h12-14,19H,2-11,15H2,1H3,(H2,25,26,29). The van der Waals surface area contributed by atoms with Gasteiger partial charge in [-0.05, 0) is 80.0 Å². The first-order valence-corrected chi connectivity index (χ1v) is 13.2. The predicted molar refractivity (Wildman–Crippen MR) is 126 cm³/mol. The van der Waals surface area contributed by atoms with Gasteiger partial charge in [-0.25, -0.2) is 13.8 Å². The van der Waals surface area contributed by atoms with E-state index in [0.717, 1.165) is 74.6 Å². The number of nitrogens with one attached hydrogen (secondary N) is 2. The number of urea groups is 1. The first-order chi connectivity index (χ1) is 15.9. The molecule has 1 aliphatic heterocycles. The summed E-state index contributed by atoms with van der Waals surface area (Å²) < 4.78 is 37.4. The van der Waals surface area contributed by atoms with Gasteiger partial charge < -0.3 is 10.1 Å². The van der Waals surface area contributed by atoms with Crippen molar-refractivity contribution in [1.82, 2.24) is 14.5 Å². The summed E-state index contributed by atoms with van der Waals surface area (Å²) in [6.07, 6.45) is 11.6. The highest BCUT2D eigenvalue weighted by Gasteiger charge is 2.31. The highest BCUT2D eigenvalue weighted by molar-refractivity contribution is 7.91. The Hall–Kier alpha value is -2.59. The molecule has 10 heteroatoms. The van der Waals surface area contributed by atoms with Crippen molar-refractivity contribution in [1.29, 1.82) is 0 Å². The number of ether oxygens (including phenoxy) is 1. The number of aryl methyl sites for hydroxylation is 3. The number of rotatable bonds is 6. The molecule has 0 bridgehead atoms. The molecule has 178 valence electrons. The van der Waals surface area contributed by atoms with Crippen LogP contribution in [0.4, 0.5) is 16.2 Å². The minimum Gasteiger partial charge on any atom is -0.376 e. The number of amides is 2. The predicted octanol–water partition coefficient (Wildman–Crippen LogP) is 2.84. The number of anilines is 2. The van der Waals surface area contributed by atoms with E-state index < -0.39 is 16.2 Å². The highest BCUT2D eigenvalue weighted by Crippen LogP contribution is 2.38. The van der Waals surface area contributed by atoms with Gasteiger partial charge in [-0.1, -0.05) is 6.07 Å². The van der Waals surface area contributed by atoms with Crippen LogP contribution >= 0.6 is 0 Å². The van der Waals surface area contributed by atoms with Crippen molar-refractivity contribution in [3.05, 3.63) is 40.7 Å². The maximum absolute atomic E-state index is 13.3. The molecule has 0 spiro atoms. The molecule has 1 saturated heterocycles. The van der Waals surface area contributed by atoms with Crippen LogP contribution in [0.2, 0.25) is 0 Å². The van der Waals surface area contributed by atoms with E-state index >= 15 is 0 Å². The number of hydrogen-bond donors (Lipinski definition) is 2. The van der Waals surface area contributed by atoms with Crippen LogP contribution in [0.5, 0.6) is 0 Å².